The summed E-state index contributed by atoms with van der Waals surface area (Å²) in [6.45, 7) is 0.657. The van der Waals surface area contributed by atoms with Crippen molar-refractivity contribution in [3.8, 4) is 0 Å². The molecule has 0 unspecified atom stereocenters. The lowest BCUT2D eigenvalue weighted by Crippen LogP contribution is -2.19. The van der Waals surface area contributed by atoms with Gasteiger partial charge >= 0.3 is 0 Å². The van der Waals surface area contributed by atoms with Crippen LogP contribution in [0, 0.1) is 0 Å². The summed E-state index contributed by atoms with van der Waals surface area (Å²) in [4.78, 5) is 13.6. The van der Waals surface area contributed by atoms with Crippen LogP contribution in [0.2, 0.25) is 10.6 Å². The molecular weight excluding hydrogens is 339 g/mol. The van der Waals surface area contributed by atoms with Gasteiger partial charge in [-0.1, -0.05) is 28.1 Å². The molecule has 0 saturated carbocycles. The molecule has 0 bridgehead atoms. The van der Waals surface area contributed by atoms with Gasteiger partial charge in [0.2, 0.25) is 16.5 Å². The summed E-state index contributed by atoms with van der Waals surface area (Å²) in [6, 6.07) is 8.00. The normalized spacial score (nSPS) is 10.4. The molecule has 0 saturated heterocycles. The van der Waals surface area contributed by atoms with Gasteiger partial charge in [0.1, 0.15) is 0 Å². The Morgan fingerprint density at radius 1 is 1.06 bits per heavy atom. The van der Waals surface area contributed by atoms with Crippen LogP contribution < -0.4 is 4.90 Å². The molecule has 1 aromatic carbocycles. The number of hydrogen-bond acceptors (Lipinski definition) is 4. The number of aromatic nitrogens is 3. The highest BCUT2D eigenvalue weighted by Crippen LogP contribution is 2.16. The minimum atomic E-state index is 0.0904. The fraction of sp³-hybridized carbons (Fsp3) is 0.182. The van der Waals surface area contributed by atoms with Crippen LogP contribution in [0.15, 0.2) is 28.7 Å². The van der Waals surface area contributed by atoms with Crippen molar-refractivity contribution >= 4 is 45.1 Å². The maximum absolute atomic E-state index is 5.74. The standard InChI is InChI=1S/C11H9BrCl2N4/c1-18(6-7-2-4-8(12)5-3-7)11-16-9(13)15-10(14)17-11/h2-5H,6H2,1H3. The second-order valence-corrected chi connectivity index (χ2v) is 5.25. The summed E-state index contributed by atoms with van der Waals surface area (Å²) in [6.07, 6.45) is 0. The fourth-order valence-electron chi connectivity index (χ4n) is 1.42. The highest BCUT2D eigenvalue weighted by Gasteiger charge is 2.08. The third kappa shape index (κ3) is 3.54. The molecule has 0 N–H and O–H groups in total. The van der Waals surface area contributed by atoms with Gasteiger partial charge in [-0.05, 0) is 40.9 Å². The largest absolute Gasteiger partial charge is 0.339 e. The van der Waals surface area contributed by atoms with E-state index in [9.17, 15) is 0 Å². The van der Waals surface area contributed by atoms with Gasteiger partial charge in [0, 0.05) is 18.1 Å². The van der Waals surface area contributed by atoms with Crippen molar-refractivity contribution < 1.29 is 0 Å². The molecule has 18 heavy (non-hydrogen) atoms. The smallest absolute Gasteiger partial charge is 0.231 e. The van der Waals surface area contributed by atoms with Gasteiger partial charge in [0.15, 0.2) is 0 Å². The first kappa shape index (κ1) is 13.5. The number of hydrogen-bond donors (Lipinski definition) is 0. The van der Waals surface area contributed by atoms with Crippen LogP contribution in [-0.2, 0) is 6.54 Å². The monoisotopic (exact) mass is 346 g/mol. The van der Waals surface area contributed by atoms with E-state index >= 15 is 0 Å². The van der Waals surface area contributed by atoms with E-state index in [-0.39, 0.29) is 10.6 Å². The molecule has 0 aliphatic heterocycles. The summed E-state index contributed by atoms with van der Waals surface area (Å²) < 4.78 is 1.04. The zero-order valence-corrected chi connectivity index (χ0v) is 12.5. The lowest BCUT2D eigenvalue weighted by Gasteiger charge is -2.16. The molecule has 0 aliphatic rings. The van der Waals surface area contributed by atoms with Crippen LogP contribution in [0.5, 0.6) is 0 Å². The zero-order valence-electron chi connectivity index (χ0n) is 9.44. The molecule has 94 valence electrons. The number of benzene rings is 1. The summed E-state index contributed by atoms with van der Waals surface area (Å²) in [7, 11) is 1.87. The van der Waals surface area contributed by atoms with Crippen LogP contribution in [0.3, 0.4) is 0 Å². The summed E-state index contributed by atoms with van der Waals surface area (Å²) in [5.41, 5.74) is 1.13. The minimum Gasteiger partial charge on any atom is -0.339 e. The Hall–Kier alpha value is -0.910. The first-order valence-electron chi connectivity index (χ1n) is 5.07. The molecule has 1 aromatic heterocycles. The van der Waals surface area contributed by atoms with E-state index in [2.05, 4.69) is 30.9 Å². The topological polar surface area (TPSA) is 41.9 Å². The Morgan fingerprint density at radius 2 is 1.61 bits per heavy atom. The van der Waals surface area contributed by atoms with E-state index in [1.807, 2.05) is 36.2 Å². The Bertz CT molecular complexity index is 527. The highest BCUT2D eigenvalue weighted by atomic mass is 79.9. The Labute approximate surface area is 123 Å². The average Bonchev–Trinajstić information content (AvgIpc) is 2.31. The van der Waals surface area contributed by atoms with Crippen molar-refractivity contribution in [2.75, 3.05) is 11.9 Å². The van der Waals surface area contributed by atoms with Gasteiger partial charge in [-0.2, -0.15) is 15.0 Å². The van der Waals surface area contributed by atoms with Crippen LogP contribution in [0.1, 0.15) is 5.56 Å². The van der Waals surface area contributed by atoms with Crippen LogP contribution in [0.25, 0.3) is 0 Å². The molecular formula is C11H9BrCl2N4. The fourth-order valence-corrected chi connectivity index (χ4v) is 2.04. The minimum absolute atomic E-state index is 0.0904. The van der Waals surface area contributed by atoms with Crippen LogP contribution in [-0.4, -0.2) is 22.0 Å². The van der Waals surface area contributed by atoms with Crippen molar-refractivity contribution in [2.45, 2.75) is 6.54 Å². The molecule has 0 amide bonds. The third-order valence-corrected chi connectivity index (χ3v) is 3.11. The van der Waals surface area contributed by atoms with Gasteiger partial charge < -0.3 is 4.90 Å². The van der Waals surface area contributed by atoms with Crippen molar-refractivity contribution in [3.63, 3.8) is 0 Å². The maximum Gasteiger partial charge on any atom is 0.231 e. The number of nitrogens with zero attached hydrogens (tertiary/aromatic N) is 4. The molecule has 0 radical (unpaired) electrons. The average molecular weight is 348 g/mol. The van der Waals surface area contributed by atoms with Crippen LogP contribution >= 0.6 is 39.1 Å². The van der Waals surface area contributed by atoms with E-state index < -0.39 is 0 Å². The predicted octanol–water partition coefficient (Wildman–Crippen LogP) is 3.58. The number of rotatable bonds is 3. The zero-order chi connectivity index (χ0) is 13.1. The van der Waals surface area contributed by atoms with Gasteiger partial charge in [-0.3, -0.25) is 0 Å². The highest BCUT2D eigenvalue weighted by molar-refractivity contribution is 9.10. The second-order valence-electron chi connectivity index (χ2n) is 3.66. The van der Waals surface area contributed by atoms with Gasteiger partial charge in [-0.15, -0.1) is 0 Å². The number of anilines is 1. The van der Waals surface area contributed by atoms with Crippen molar-refractivity contribution in [3.05, 3.63) is 44.9 Å². The SMILES string of the molecule is CN(Cc1ccc(Br)cc1)c1nc(Cl)nc(Cl)n1. The van der Waals surface area contributed by atoms with Gasteiger partial charge in [0.25, 0.3) is 0 Å². The molecule has 2 aromatic rings. The van der Waals surface area contributed by atoms with Crippen molar-refractivity contribution in [1.82, 2.24) is 15.0 Å². The molecule has 0 spiro atoms. The predicted molar refractivity (Wildman–Crippen MR) is 76.1 cm³/mol. The maximum atomic E-state index is 5.74. The summed E-state index contributed by atoms with van der Waals surface area (Å²) >= 11 is 14.9. The first-order chi connectivity index (χ1) is 8.54. The van der Waals surface area contributed by atoms with E-state index in [1.165, 1.54) is 0 Å². The third-order valence-electron chi connectivity index (χ3n) is 2.24. The molecule has 1 heterocycles. The molecule has 7 heteroatoms. The van der Waals surface area contributed by atoms with Crippen molar-refractivity contribution in [1.29, 1.82) is 0 Å². The lowest BCUT2D eigenvalue weighted by molar-refractivity contribution is 0.852. The second kappa shape index (κ2) is 5.82. The quantitative estimate of drug-likeness (QED) is 0.851. The number of halogens is 3. The van der Waals surface area contributed by atoms with Crippen molar-refractivity contribution in [2.24, 2.45) is 0 Å². The van der Waals surface area contributed by atoms with Crippen LogP contribution in [0.4, 0.5) is 5.95 Å². The Balaban J connectivity index is 2.16. The van der Waals surface area contributed by atoms with E-state index in [1.54, 1.807) is 0 Å². The Kier molecular flexibility index (Phi) is 4.37. The summed E-state index contributed by atoms with van der Waals surface area (Å²) in [5, 5.41) is 0.181. The molecule has 4 nitrogen and oxygen atoms in total. The van der Waals surface area contributed by atoms with E-state index in [0.717, 1.165) is 10.0 Å². The van der Waals surface area contributed by atoms with E-state index in [4.69, 9.17) is 23.2 Å². The lowest BCUT2D eigenvalue weighted by atomic mass is 10.2. The van der Waals surface area contributed by atoms with E-state index in [0.29, 0.717) is 12.5 Å². The first-order valence-corrected chi connectivity index (χ1v) is 6.62. The molecule has 0 fully saturated rings. The van der Waals surface area contributed by atoms with Gasteiger partial charge in [-0.25, -0.2) is 0 Å². The molecule has 2 rings (SSSR count). The Morgan fingerprint density at radius 3 is 2.17 bits per heavy atom. The molecule has 0 atom stereocenters. The summed E-state index contributed by atoms with van der Waals surface area (Å²) in [5.74, 6) is 0.447. The van der Waals surface area contributed by atoms with Gasteiger partial charge in [0.05, 0.1) is 0 Å². The molecule has 0 aliphatic carbocycles.